The van der Waals surface area contributed by atoms with Crippen molar-refractivity contribution >= 4 is 29.9 Å². The Bertz CT molecular complexity index is 431. The highest BCUT2D eigenvalue weighted by Gasteiger charge is 2.25. The molecule has 0 aromatic heterocycles. The Kier molecular flexibility index (Phi) is 7.65. The molecule has 1 fully saturated rings. The number of rotatable bonds is 4. The average molecular weight is 385 g/mol. The largest absolute Gasteiger partial charge is 0.357 e. The van der Waals surface area contributed by atoms with E-state index in [1.807, 2.05) is 6.08 Å². The number of nitrogens with zero attached hydrogens (tertiary/aromatic N) is 2. The summed E-state index contributed by atoms with van der Waals surface area (Å²) in [5, 5.41) is 3.36. The minimum atomic E-state index is 0. The third kappa shape index (κ3) is 4.51. The summed E-state index contributed by atoms with van der Waals surface area (Å²) in [6.07, 6.45) is 3.03. The Morgan fingerprint density at radius 3 is 2.85 bits per heavy atom. The molecule has 0 saturated carbocycles. The Balaban J connectivity index is 0.00000200. The number of aliphatic imine (C=N–C) groups is 1. The Hall–Kier alpha value is -1.04. The third-order valence-corrected chi connectivity index (χ3v) is 3.46. The van der Waals surface area contributed by atoms with Crippen LogP contribution in [0.15, 0.2) is 48.0 Å². The Morgan fingerprint density at radius 2 is 2.20 bits per heavy atom. The fourth-order valence-electron chi connectivity index (χ4n) is 2.53. The van der Waals surface area contributed by atoms with E-state index in [4.69, 9.17) is 0 Å². The third-order valence-electron chi connectivity index (χ3n) is 3.46. The zero-order chi connectivity index (χ0) is 13.5. The van der Waals surface area contributed by atoms with Gasteiger partial charge in [-0.25, -0.2) is 4.99 Å². The van der Waals surface area contributed by atoms with Gasteiger partial charge in [0, 0.05) is 25.6 Å². The van der Waals surface area contributed by atoms with Crippen molar-refractivity contribution in [1.29, 1.82) is 0 Å². The van der Waals surface area contributed by atoms with E-state index >= 15 is 0 Å². The molecule has 1 unspecified atom stereocenters. The summed E-state index contributed by atoms with van der Waals surface area (Å²) in [7, 11) is 0. The van der Waals surface area contributed by atoms with Crippen LogP contribution in [0.25, 0.3) is 0 Å². The molecule has 1 saturated heterocycles. The van der Waals surface area contributed by atoms with Crippen LogP contribution >= 0.6 is 24.0 Å². The van der Waals surface area contributed by atoms with Crippen molar-refractivity contribution < 1.29 is 0 Å². The SMILES string of the molecule is C=CCN=C(NCC)N1CCC(c2ccccc2)C1.I. The fraction of sp³-hybridized carbons (Fsp3) is 0.438. The van der Waals surface area contributed by atoms with E-state index < -0.39 is 0 Å². The maximum absolute atomic E-state index is 4.56. The van der Waals surface area contributed by atoms with Gasteiger partial charge in [0.05, 0.1) is 6.54 Å². The van der Waals surface area contributed by atoms with Crippen LogP contribution in [-0.2, 0) is 0 Å². The molecule has 0 radical (unpaired) electrons. The number of benzene rings is 1. The lowest BCUT2D eigenvalue weighted by molar-refractivity contribution is 0.487. The van der Waals surface area contributed by atoms with Crippen LogP contribution < -0.4 is 5.32 Å². The highest BCUT2D eigenvalue weighted by molar-refractivity contribution is 14.0. The van der Waals surface area contributed by atoms with Gasteiger partial charge in [-0.2, -0.15) is 0 Å². The predicted octanol–water partition coefficient (Wildman–Crippen LogP) is 3.25. The maximum atomic E-state index is 4.56. The molecule has 1 aromatic carbocycles. The number of hydrogen-bond acceptors (Lipinski definition) is 1. The molecule has 1 aliphatic rings. The van der Waals surface area contributed by atoms with Gasteiger partial charge < -0.3 is 10.2 Å². The molecule has 4 heteroatoms. The van der Waals surface area contributed by atoms with Gasteiger partial charge in [0.1, 0.15) is 0 Å². The second-order valence-electron chi connectivity index (χ2n) is 4.83. The summed E-state index contributed by atoms with van der Waals surface area (Å²) in [5.41, 5.74) is 1.43. The highest BCUT2D eigenvalue weighted by atomic mass is 127. The first-order valence-corrected chi connectivity index (χ1v) is 7.04. The Labute approximate surface area is 139 Å². The van der Waals surface area contributed by atoms with Crippen LogP contribution in [0.1, 0.15) is 24.8 Å². The van der Waals surface area contributed by atoms with Gasteiger partial charge in [0.2, 0.25) is 0 Å². The molecule has 2 rings (SSSR count). The first-order valence-electron chi connectivity index (χ1n) is 7.04. The molecule has 1 N–H and O–H groups in total. The lowest BCUT2D eigenvalue weighted by Gasteiger charge is -2.21. The van der Waals surface area contributed by atoms with E-state index in [-0.39, 0.29) is 24.0 Å². The normalized spacial score (nSPS) is 18.6. The molecule has 20 heavy (non-hydrogen) atoms. The second kappa shape index (κ2) is 9.00. The summed E-state index contributed by atoms with van der Waals surface area (Å²) < 4.78 is 0. The molecule has 0 bridgehead atoms. The van der Waals surface area contributed by atoms with Crippen molar-refractivity contribution in [3.63, 3.8) is 0 Å². The van der Waals surface area contributed by atoms with Crippen molar-refractivity contribution in [3.05, 3.63) is 48.6 Å². The van der Waals surface area contributed by atoms with Gasteiger partial charge in [-0.1, -0.05) is 36.4 Å². The molecule has 110 valence electrons. The van der Waals surface area contributed by atoms with Crippen LogP contribution in [0.4, 0.5) is 0 Å². The average Bonchev–Trinajstić information content (AvgIpc) is 2.94. The summed E-state index contributed by atoms with van der Waals surface area (Å²) >= 11 is 0. The minimum absolute atomic E-state index is 0. The predicted molar refractivity (Wildman–Crippen MR) is 97.0 cm³/mol. The van der Waals surface area contributed by atoms with Crippen LogP contribution in [0, 0.1) is 0 Å². The van der Waals surface area contributed by atoms with Crippen molar-refractivity contribution in [1.82, 2.24) is 10.2 Å². The zero-order valence-electron chi connectivity index (χ0n) is 12.1. The lowest BCUT2D eigenvalue weighted by Crippen LogP contribution is -2.40. The van der Waals surface area contributed by atoms with Crippen molar-refractivity contribution in [3.8, 4) is 0 Å². The number of hydrogen-bond donors (Lipinski definition) is 1. The number of guanidine groups is 1. The first kappa shape index (κ1) is 17.0. The van der Waals surface area contributed by atoms with Gasteiger partial charge >= 0.3 is 0 Å². The number of nitrogens with one attached hydrogen (secondary N) is 1. The van der Waals surface area contributed by atoms with Gasteiger partial charge in [0.15, 0.2) is 5.96 Å². The molecule has 0 aliphatic carbocycles. The van der Waals surface area contributed by atoms with E-state index in [2.05, 4.69) is 59.0 Å². The molecule has 1 aliphatic heterocycles. The topological polar surface area (TPSA) is 27.6 Å². The van der Waals surface area contributed by atoms with Gasteiger partial charge in [0.25, 0.3) is 0 Å². The molecule has 1 heterocycles. The van der Waals surface area contributed by atoms with E-state index in [1.54, 1.807) is 0 Å². The molecule has 1 atom stereocenters. The lowest BCUT2D eigenvalue weighted by atomic mass is 9.99. The van der Waals surface area contributed by atoms with E-state index in [0.29, 0.717) is 12.5 Å². The van der Waals surface area contributed by atoms with E-state index in [1.165, 1.54) is 12.0 Å². The molecule has 1 aromatic rings. The summed E-state index contributed by atoms with van der Waals surface area (Å²) in [6, 6.07) is 10.8. The molecule has 3 nitrogen and oxygen atoms in total. The zero-order valence-corrected chi connectivity index (χ0v) is 14.4. The number of likely N-dealkylation sites (tertiary alicyclic amines) is 1. The van der Waals surface area contributed by atoms with Gasteiger partial charge in [-0.3, -0.25) is 0 Å². The summed E-state index contributed by atoms with van der Waals surface area (Å²) in [4.78, 5) is 6.91. The summed E-state index contributed by atoms with van der Waals surface area (Å²) in [5.74, 6) is 1.63. The second-order valence-corrected chi connectivity index (χ2v) is 4.83. The van der Waals surface area contributed by atoms with Crippen LogP contribution in [0.3, 0.4) is 0 Å². The minimum Gasteiger partial charge on any atom is -0.357 e. The molecule has 0 amide bonds. The number of halogens is 1. The van der Waals surface area contributed by atoms with Crippen LogP contribution in [-0.4, -0.2) is 37.0 Å². The van der Waals surface area contributed by atoms with Crippen LogP contribution in [0.5, 0.6) is 0 Å². The fourth-order valence-corrected chi connectivity index (χ4v) is 2.53. The quantitative estimate of drug-likeness (QED) is 0.373. The molecule has 0 spiro atoms. The smallest absolute Gasteiger partial charge is 0.194 e. The van der Waals surface area contributed by atoms with Crippen LogP contribution in [0.2, 0.25) is 0 Å². The highest BCUT2D eigenvalue weighted by Crippen LogP contribution is 2.26. The standard InChI is InChI=1S/C16H23N3.HI/c1-3-11-18-16(17-4-2)19-12-10-15(13-19)14-8-6-5-7-9-14;/h3,5-9,15H,1,4,10-13H2,2H3,(H,17,18);1H. The first-order chi connectivity index (χ1) is 9.35. The van der Waals surface area contributed by atoms with Gasteiger partial charge in [-0.05, 0) is 18.9 Å². The van der Waals surface area contributed by atoms with E-state index in [9.17, 15) is 0 Å². The van der Waals surface area contributed by atoms with Gasteiger partial charge in [-0.15, -0.1) is 30.6 Å². The monoisotopic (exact) mass is 385 g/mol. The molecular formula is C16H24IN3. The van der Waals surface area contributed by atoms with E-state index in [0.717, 1.165) is 25.6 Å². The van der Waals surface area contributed by atoms with Crippen molar-refractivity contribution in [2.45, 2.75) is 19.3 Å². The van der Waals surface area contributed by atoms with Crippen molar-refractivity contribution in [2.24, 2.45) is 4.99 Å². The Morgan fingerprint density at radius 1 is 1.45 bits per heavy atom. The van der Waals surface area contributed by atoms with Crippen molar-refractivity contribution in [2.75, 3.05) is 26.2 Å². The maximum Gasteiger partial charge on any atom is 0.194 e. The summed E-state index contributed by atoms with van der Waals surface area (Å²) in [6.45, 7) is 9.54. The molecular weight excluding hydrogens is 361 g/mol.